The molecular formula is C13H19F3N2O. The molecule has 0 bridgehead atoms. The summed E-state index contributed by atoms with van der Waals surface area (Å²) in [4.78, 5) is 1.21. The van der Waals surface area contributed by atoms with Gasteiger partial charge in [0.25, 0.3) is 0 Å². The Morgan fingerprint density at radius 3 is 2.16 bits per heavy atom. The summed E-state index contributed by atoms with van der Waals surface area (Å²) in [6, 6.07) is 5.99. The first kappa shape index (κ1) is 15.8. The SMILES string of the molecule is COc1ccc(C(C(C)N)N(C)CC(F)(F)F)cc1. The largest absolute Gasteiger partial charge is 0.497 e. The zero-order valence-electron chi connectivity index (χ0n) is 11.2. The van der Waals surface area contributed by atoms with Crippen LogP contribution in [0.1, 0.15) is 18.5 Å². The summed E-state index contributed by atoms with van der Waals surface area (Å²) in [6.07, 6.45) is -4.24. The molecule has 0 fully saturated rings. The topological polar surface area (TPSA) is 38.5 Å². The summed E-state index contributed by atoms with van der Waals surface area (Å²) < 4.78 is 42.4. The molecule has 0 saturated heterocycles. The molecule has 0 radical (unpaired) electrons. The molecule has 1 rings (SSSR count). The summed E-state index contributed by atoms with van der Waals surface area (Å²) in [5.74, 6) is 0.658. The maximum absolute atomic E-state index is 12.5. The molecule has 19 heavy (non-hydrogen) atoms. The second-order valence-corrected chi connectivity index (χ2v) is 4.61. The highest BCUT2D eigenvalue weighted by Crippen LogP contribution is 2.27. The molecule has 0 aliphatic rings. The van der Waals surface area contributed by atoms with E-state index in [1.165, 1.54) is 19.1 Å². The van der Waals surface area contributed by atoms with Crippen LogP contribution in [0.2, 0.25) is 0 Å². The highest BCUT2D eigenvalue weighted by atomic mass is 19.4. The molecule has 0 aliphatic heterocycles. The van der Waals surface area contributed by atoms with Crippen molar-refractivity contribution in [1.82, 2.24) is 4.90 Å². The number of ether oxygens (including phenoxy) is 1. The van der Waals surface area contributed by atoms with E-state index in [-0.39, 0.29) is 0 Å². The van der Waals surface area contributed by atoms with E-state index in [0.717, 1.165) is 5.56 Å². The van der Waals surface area contributed by atoms with Gasteiger partial charge in [0, 0.05) is 12.1 Å². The molecule has 0 spiro atoms. The molecule has 1 aromatic carbocycles. The monoisotopic (exact) mass is 276 g/mol. The molecule has 2 atom stereocenters. The Kier molecular flexibility index (Phi) is 5.20. The number of nitrogens with two attached hydrogens (primary N) is 1. The van der Waals surface area contributed by atoms with Crippen LogP contribution in [0, 0.1) is 0 Å². The second kappa shape index (κ2) is 6.25. The Bertz CT molecular complexity index is 390. The van der Waals surface area contributed by atoms with Gasteiger partial charge in [-0.25, -0.2) is 0 Å². The summed E-state index contributed by atoms with van der Waals surface area (Å²) in [6.45, 7) is 0.701. The zero-order chi connectivity index (χ0) is 14.6. The smallest absolute Gasteiger partial charge is 0.401 e. The van der Waals surface area contributed by atoms with Gasteiger partial charge in [0.05, 0.1) is 13.7 Å². The number of nitrogens with zero attached hydrogens (tertiary/aromatic N) is 1. The van der Waals surface area contributed by atoms with Gasteiger partial charge in [-0.1, -0.05) is 12.1 Å². The Balaban J connectivity index is 2.93. The van der Waals surface area contributed by atoms with Gasteiger partial charge in [-0.3, -0.25) is 4.90 Å². The van der Waals surface area contributed by atoms with Crippen LogP contribution in [0.4, 0.5) is 13.2 Å². The van der Waals surface area contributed by atoms with Gasteiger partial charge < -0.3 is 10.5 Å². The highest BCUT2D eigenvalue weighted by Gasteiger charge is 2.33. The van der Waals surface area contributed by atoms with Crippen molar-refractivity contribution in [2.24, 2.45) is 5.73 Å². The number of alkyl halides is 3. The predicted octanol–water partition coefficient (Wildman–Crippen LogP) is 2.58. The van der Waals surface area contributed by atoms with E-state index in [1.54, 1.807) is 31.2 Å². The zero-order valence-corrected chi connectivity index (χ0v) is 11.2. The average Bonchev–Trinajstić information content (AvgIpc) is 2.27. The van der Waals surface area contributed by atoms with Crippen molar-refractivity contribution >= 4 is 0 Å². The Morgan fingerprint density at radius 1 is 1.26 bits per heavy atom. The van der Waals surface area contributed by atoms with Crippen LogP contribution in [0.5, 0.6) is 5.75 Å². The van der Waals surface area contributed by atoms with Gasteiger partial charge in [-0.05, 0) is 31.7 Å². The average molecular weight is 276 g/mol. The van der Waals surface area contributed by atoms with E-state index in [1.807, 2.05) is 0 Å². The molecule has 1 aromatic rings. The molecule has 6 heteroatoms. The first-order valence-electron chi connectivity index (χ1n) is 5.91. The number of benzene rings is 1. The summed E-state index contributed by atoms with van der Waals surface area (Å²) in [7, 11) is 2.96. The van der Waals surface area contributed by atoms with Gasteiger partial charge in [0.1, 0.15) is 5.75 Å². The van der Waals surface area contributed by atoms with Gasteiger partial charge in [-0.2, -0.15) is 13.2 Å². The van der Waals surface area contributed by atoms with E-state index >= 15 is 0 Å². The van der Waals surface area contributed by atoms with Crippen molar-refractivity contribution < 1.29 is 17.9 Å². The third-order valence-electron chi connectivity index (χ3n) is 2.86. The van der Waals surface area contributed by atoms with Crippen LogP contribution in [0.15, 0.2) is 24.3 Å². The van der Waals surface area contributed by atoms with Crippen LogP contribution >= 0.6 is 0 Å². The number of methoxy groups -OCH3 is 1. The lowest BCUT2D eigenvalue weighted by Crippen LogP contribution is -2.41. The maximum atomic E-state index is 12.5. The number of halogens is 3. The third kappa shape index (κ3) is 4.72. The fraction of sp³-hybridized carbons (Fsp3) is 0.538. The number of rotatable bonds is 5. The van der Waals surface area contributed by atoms with Gasteiger partial charge in [0.15, 0.2) is 0 Å². The Hall–Kier alpha value is -1.27. The highest BCUT2D eigenvalue weighted by molar-refractivity contribution is 5.29. The number of likely N-dealkylation sites (N-methyl/N-ethyl adjacent to an activating group) is 1. The van der Waals surface area contributed by atoms with Crippen molar-refractivity contribution in [3.63, 3.8) is 0 Å². The fourth-order valence-electron chi connectivity index (χ4n) is 2.14. The van der Waals surface area contributed by atoms with Gasteiger partial charge >= 0.3 is 6.18 Å². The Morgan fingerprint density at radius 2 is 1.79 bits per heavy atom. The van der Waals surface area contributed by atoms with Crippen molar-refractivity contribution in [2.75, 3.05) is 20.7 Å². The summed E-state index contributed by atoms with van der Waals surface area (Å²) >= 11 is 0. The van der Waals surface area contributed by atoms with Gasteiger partial charge in [-0.15, -0.1) is 0 Å². The molecule has 0 aromatic heterocycles. The summed E-state index contributed by atoms with van der Waals surface area (Å²) in [5.41, 5.74) is 6.56. The minimum Gasteiger partial charge on any atom is -0.497 e. The minimum atomic E-state index is -4.24. The van der Waals surface area contributed by atoms with E-state index in [0.29, 0.717) is 5.75 Å². The first-order chi connectivity index (χ1) is 8.74. The van der Waals surface area contributed by atoms with Crippen LogP contribution in [-0.2, 0) is 0 Å². The van der Waals surface area contributed by atoms with Crippen LogP contribution in [0.3, 0.4) is 0 Å². The van der Waals surface area contributed by atoms with Crippen molar-refractivity contribution in [3.8, 4) is 5.75 Å². The van der Waals surface area contributed by atoms with Crippen molar-refractivity contribution in [2.45, 2.75) is 25.2 Å². The van der Waals surface area contributed by atoms with E-state index in [2.05, 4.69) is 0 Å². The molecule has 0 heterocycles. The third-order valence-corrected chi connectivity index (χ3v) is 2.86. The number of hydrogen-bond donors (Lipinski definition) is 1. The molecule has 3 nitrogen and oxygen atoms in total. The molecule has 2 N–H and O–H groups in total. The standard InChI is InChI=1S/C13H19F3N2O/c1-9(17)12(18(2)8-13(14,15)16)10-4-6-11(19-3)7-5-10/h4-7,9,12H,8,17H2,1-3H3. The fourth-order valence-corrected chi connectivity index (χ4v) is 2.14. The van der Waals surface area contributed by atoms with Crippen molar-refractivity contribution in [3.05, 3.63) is 29.8 Å². The van der Waals surface area contributed by atoms with E-state index < -0.39 is 24.8 Å². The number of hydrogen-bond acceptors (Lipinski definition) is 3. The predicted molar refractivity (Wildman–Crippen MR) is 68.1 cm³/mol. The molecule has 2 unspecified atom stereocenters. The van der Waals surface area contributed by atoms with Crippen LogP contribution in [-0.4, -0.2) is 37.8 Å². The molecule has 0 aliphatic carbocycles. The first-order valence-corrected chi connectivity index (χ1v) is 5.91. The van der Waals surface area contributed by atoms with Gasteiger partial charge in [0.2, 0.25) is 0 Å². The lowest BCUT2D eigenvalue weighted by molar-refractivity contribution is -0.148. The molecular weight excluding hydrogens is 257 g/mol. The van der Waals surface area contributed by atoms with Crippen LogP contribution in [0.25, 0.3) is 0 Å². The minimum absolute atomic E-state index is 0.416. The molecule has 0 saturated carbocycles. The van der Waals surface area contributed by atoms with Crippen molar-refractivity contribution in [1.29, 1.82) is 0 Å². The molecule has 0 amide bonds. The second-order valence-electron chi connectivity index (χ2n) is 4.61. The lowest BCUT2D eigenvalue weighted by atomic mass is 9.99. The van der Waals surface area contributed by atoms with E-state index in [9.17, 15) is 13.2 Å². The van der Waals surface area contributed by atoms with E-state index in [4.69, 9.17) is 10.5 Å². The normalized spacial score (nSPS) is 15.4. The maximum Gasteiger partial charge on any atom is 0.401 e. The summed E-state index contributed by atoms with van der Waals surface area (Å²) in [5, 5.41) is 0. The lowest BCUT2D eigenvalue weighted by Gasteiger charge is -2.32. The quantitative estimate of drug-likeness (QED) is 0.898. The molecule has 108 valence electrons. The Labute approximate surface area is 111 Å². The van der Waals surface area contributed by atoms with Crippen LogP contribution < -0.4 is 10.5 Å².